The molecule has 0 bridgehead atoms. The van der Waals surface area contributed by atoms with Crippen LogP contribution in [0.15, 0.2) is 48.0 Å². The zero-order valence-electron chi connectivity index (χ0n) is 16.2. The smallest absolute Gasteiger partial charge is 0.119 e. The van der Waals surface area contributed by atoms with Crippen molar-refractivity contribution in [3.05, 3.63) is 64.7 Å². The maximum absolute atomic E-state index is 10.4. The van der Waals surface area contributed by atoms with Crippen molar-refractivity contribution < 1.29 is 15.3 Å². The SMILES string of the molecule is CC1=CCCC(C)(C)C1Cc1cc(C=Cc2cc(O)cc(O)c2)ccc1O. The molecule has 2 aromatic rings. The molecule has 3 heteroatoms. The van der Waals surface area contributed by atoms with Crippen molar-refractivity contribution in [2.24, 2.45) is 11.3 Å². The van der Waals surface area contributed by atoms with E-state index in [1.54, 1.807) is 18.2 Å². The summed E-state index contributed by atoms with van der Waals surface area (Å²) in [6.07, 6.45) is 9.19. The van der Waals surface area contributed by atoms with E-state index in [4.69, 9.17) is 0 Å². The van der Waals surface area contributed by atoms with Gasteiger partial charge in [0, 0.05) is 6.07 Å². The van der Waals surface area contributed by atoms with Crippen molar-refractivity contribution in [1.82, 2.24) is 0 Å². The Morgan fingerprint density at radius 1 is 0.963 bits per heavy atom. The molecule has 0 spiro atoms. The van der Waals surface area contributed by atoms with Gasteiger partial charge in [0.1, 0.15) is 17.2 Å². The Morgan fingerprint density at radius 3 is 2.30 bits per heavy atom. The fraction of sp³-hybridized carbons (Fsp3) is 0.333. The summed E-state index contributed by atoms with van der Waals surface area (Å²) in [5.41, 5.74) is 4.26. The molecule has 0 saturated heterocycles. The van der Waals surface area contributed by atoms with Crippen LogP contribution in [-0.4, -0.2) is 15.3 Å². The van der Waals surface area contributed by atoms with Gasteiger partial charge in [0.15, 0.2) is 0 Å². The quantitative estimate of drug-likeness (QED) is 0.468. The summed E-state index contributed by atoms with van der Waals surface area (Å²) in [7, 11) is 0. The van der Waals surface area contributed by atoms with Gasteiger partial charge in [0.2, 0.25) is 0 Å². The van der Waals surface area contributed by atoms with Gasteiger partial charge in [0.25, 0.3) is 0 Å². The molecule has 0 aliphatic heterocycles. The minimum atomic E-state index is 0.0304. The van der Waals surface area contributed by atoms with E-state index in [-0.39, 0.29) is 16.9 Å². The molecule has 1 unspecified atom stereocenters. The third-order valence-electron chi connectivity index (χ3n) is 5.67. The molecule has 0 aromatic heterocycles. The summed E-state index contributed by atoms with van der Waals surface area (Å²) in [5.74, 6) is 0.807. The largest absolute Gasteiger partial charge is 0.508 e. The van der Waals surface area contributed by atoms with Crippen LogP contribution in [-0.2, 0) is 6.42 Å². The van der Waals surface area contributed by atoms with E-state index in [2.05, 4.69) is 26.8 Å². The van der Waals surface area contributed by atoms with E-state index in [9.17, 15) is 15.3 Å². The molecule has 1 aliphatic carbocycles. The normalized spacial score (nSPS) is 19.2. The lowest BCUT2D eigenvalue weighted by Crippen LogP contribution is -2.29. The molecule has 1 atom stereocenters. The summed E-state index contributed by atoms with van der Waals surface area (Å²) in [5, 5.41) is 29.6. The first-order valence-corrected chi connectivity index (χ1v) is 9.44. The number of phenolic OH excluding ortho intramolecular Hbond substituents is 3. The Bertz CT molecular complexity index is 870. The Hall–Kier alpha value is -2.68. The van der Waals surface area contributed by atoms with Crippen LogP contribution in [0.1, 0.15) is 50.3 Å². The molecule has 142 valence electrons. The average Bonchev–Trinajstić information content (AvgIpc) is 2.57. The molecule has 0 saturated carbocycles. The molecule has 3 nitrogen and oxygen atoms in total. The summed E-state index contributed by atoms with van der Waals surface area (Å²) in [4.78, 5) is 0. The van der Waals surface area contributed by atoms with Gasteiger partial charge in [-0.25, -0.2) is 0 Å². The Kier molecular flexibility index (Phi) is 5.31. The Morgan fingerprint density at radius 2 is 1.63 bits per heavy atom. The first kappa shape index (κ1) is 19.1. The lowest BCUT2D eigenvalue weighted by Gasteiger charge is -2.38. The van der Waals surface area contributed by atoms with E-state index >= 15 is 0 Å². The second-order valence-electron chi connectivity index (χ2n) is 8.24. The molecule has 0 heterocycles. The molecular weight excluding hydrogens is 336 g/mol. The minimum absolute atomic E-state index is 0.0304. The van der Waals surface area contributed by atoms with E-state index in [1.165, 1.54) is 11.6 Å². The summed E-state index contributed by atoms with van der Waals surface area (Å²) < 4.78 is 0. The van der Waals surface area contributed by atoms with Crippen LogP contribution in [0, 0.1) is 11.3 Å². The van der Waals surface area contributed by atoms with Gasteiger partial charge in [-0.05, 0) is 78.5 Å². The topological polar surface area (TPSA) is 60.7 Å². The van der Waals surface area contributed by atoms with Gasteiger partial charge in [-0.1, -0.05) is 43.7 Å². The number of allylic oxidation sites excluding steroid dienone is 2. The Labute approximate surface area is 161 Å². The molecule has 27 heavy (non-hydrogen) atoms. The van der Waals surface area contributed by atoms with Gasteiger partial charge in [0.05, 0.1) is 0 Å². The van der Waals surface area contributed by atoms with E-state index in [1.807, 2.05) is 24.3 Å². The van der Waals surface area contributed by atoms with Crippen molar-refractivity contribution in [2.45, 2.75) is 40.0 Å². The first-order valence-electron chi connectivity index (χ1n) is 9.44. The summed E-state index contributed by atoms with van der Waals surface area (Å²) in [6, 6.07) is 10.1. The molecule has 0 radical (unpaired) electrons. The fourth-order valence-corrected chi connectivity index (χ4v) is 4.04. The van der Waals surface area contributed by atoms with Crippen LogP contribution in [0.5, 0.6) is 17.2 Å². The van der Waals surface area contributed by atoms with Crippen molar-refractivity contribution >= 4 is 12.2 Å². The van der Waals surface area contributed by atoms with Crippen molar-refractivity contribution in [2.75, 3.05) is 0 Å². The molecular formula is C24H28O3. The highest BCUT2D eigenvalue weighted by Crippen LogP contribution is 2.43. The summed E-state index contributed by atoms with van der Waals surface area (Å²) >= 11 is 0. The van der Waals surface area contributed by atoms with Crippen LogP contribution in [0.4, 0.5) is 0 Å². The van der Waals surface area contributed by atoms with Crippen LogP contribution in [0.2, 0.25) is 0 Å². The second kappa shape index (κ2) is 7.51. The number of phenols is 3. The van der Waals surface area contributed by atoms with Crippen LogP contribution in [0.3, 0.4) is 0 Å². The molecule has 3 N–H and O–H groups in total. The molecule has 0 fully saturated rings. The predicted molar refractivity (Wildman–Crippen MR) is 111 cm³/mol. The maximum atomic E-state index is 10.4. The second-order valence-corrected chi connectivity index (χ2v) is 8.24. The molecule has 3 rings (SSSR count). The number of hydrogen-bond donors (Lipinski definition) is 3. The van der Waals surface area contributed by atoms with Gasteiger partial charge < -0.3 is 15.3 Å². The van der Waals surface area contributed by atoms with Crippen LogP contribution in [0.25, 0.3) is 12.2 Å². The average molecular weight is 364 g/mol. The van der Waals surface area contributed by atoms with E-state index in [0.29, 0.717) is 17.2 Å². The Balaban J connectivity index is 1.85. The van der Waals surface area contributed by atoms with Gasteiger partial charge in [-0.15, -0.1) is 0 Å². The standard InChI is InChI=1S/C24H28O3/c1-16-5-4-10-24(2,3)22(16)14-19-11-17(8-9-23(19)27)6-7-18-12-20(25)15-21(26)13-18/h5-9,11-13,15,22,25-27H,4,10,14H2,1-3H3. The first-order chi connectivity index (χ1) is 12.7. The van der Waals surface area contributed by atoms with Gasteiger partial charge >= 0.3 is 0 Å². The highest BCUT2D eigenvalue weighted by Gasteiger charge is 2.33. The summed E-state index contributed by atoms with van der Waals surface area (Å²) in [6.45, 7) is 6.81. The van der Waals surface area contributed by atoms with Crippen molar-refractivity contribution in [1.29, 1.82) is 0 Å². The van der Waals surface area contributed by atoms with Crippen LogP contribution >= 0.6 is 0 Å². The number of benzene rings is 2. The molecule has 1 aliphatic rings. The lowest BCUT2D eigenvalue weighted by molar-refractivity contribution is 0.212. The fourth-order valence-electron chi connectivity index (χ4n) is 4.04. The molecule has 2 aromatic carbocycles. The number of hydrogen-bond acceptors (Lipinski definition) is 3. The molecule has 0 amide bonds. The minimum Gasteiger partial charge on any atom is -0.508 e. The monoisotopic (exact) mass is 364 g/mol. The predicted octanol–water partition coefficient (Wildman–Crippen LogP) is 5.90. The third kappa shape index (κ3) is 4.54. The number of aromatic hydroxyl groups is 3. The highest BCUT2D eigenvalue weighted by molar-refractivity contribution is 5.71. The highest BCUT2D eigenvalue weighted by atomic mass is 16.3. The van der Waals surface area contributed by atoms with Crippen LogP contribution < -0.4 is 0 Å². The van der Waals surface area contributed by atoms with Gasteiger partial charge in [-0.3, -0.25) is 0 Å². The van der Waals surface area contributed by atoms with E-state index in [0.717, 1.165) is 30.4 Å². The zero-order valence-corrected chi connectivity index (χ0v) is 16.2. The van der Waals surface area contributed by atoms with Gasteiger partial charge in [-0.2, -0.15) is 0 Å². The third-order valence-corrected chi connectivity index (χ3v) is 5.67. The number of rotatable bonds is 4. The lowest BCUT2D eigenvalue weighted by atomic mass is 9.66. The van der Waals surface area contributed by atoms with Crippen molar-refractivity contribution in [3.63, 3.8) is 0 Å². The van der Waals surface area contributed by atoms with Crippen molar-refractivity contribution in [3.8, 4) is 17.2 Å². The van der Waals surface area contributed by atoms with E-state index < -0.39 is 0 Å². The maximum Gasteiger partial charge on any atom is 0.119 e. The zero-order chi connectivity index (χ0) is 19.6.